The smallest absolute Gasteiger partial charge is 0.137 e. The van der Waals surface area contributed by atoms with Gasteiger partial charge in [0.05, 0.1) is 18.2 Å². The second-order valence-electron chi connectivity index (χ2n) is 5.01. The Bertz CT molecular complexity index is 625. The van der Waals surface area contributed by atoms with E-state index < -0.39 is 0 Å². The van der Waals surface area contributed by atoms with Gasteiger partial charge in [-0.05, 0) is 35.7 Å². The number of hydrogen-bond donors (Lipinski definition) is 2. The molecule has 2 aromatic rings. The first kappa shape index (κ1) is 14.7. The second kappa shape index (κ2) is 6.28. The molecule has 0 spiro atoms. The summed E-state index contributed by atoms with van der Waals surface area (Å²) in [6, 6.07) is 14.4. The molecule has 1 aliphatic heterocycles. The van der Waals surface area contributed by atoms with Crippen LogP contribution in [0.2, 0.25) is 5.02 Å². The van der Waals surface area contributed by atoms with Crippen molar-refractivity contribution in [2.75, 3.05) is 7.11 Å². The van der Waals surface area contributed by atoms with Crippen molar-refractivity contribution in [3.8, 4) is 5.75 Å². The molecule has 2 unspecified atom stereocenters. The molecule has 0 aliphatic carbocycles. The van der Waals surface area contributed by atoms with Crippen molar-refractivity contribution in [3.05, 3.63) is 58.6 Å². The number of hydrazine groups is 1. The lowest BCUT2D eigenvalue weighted by Gasteiger charge is -2.23. The van der Waals surface area contributed by atoms with Crippen LogP contribution in [0.25, 0.3) is 0 Å². The van der Waals surface area contributed by atoms with E-state index in [1.807, 2.05) is 30.0 Å². The van der Waals surface area contributed by atoms with Crippen LogP contribution in [0.4, 0.5) is 0 Å². The van der Waals surface area contributed by atoms with Crippen molar-refractivity contribution >= 4 is 23.4 Å². The number of nitrogens with two attached hydrogens (primary N) is 1. The molecule has 1 aliphatic rings. The number of ether oxygens (including phenoxy) is 1. The third-order valence-corrected chi connectivity index (χ3v) is 5.46. The maximum Gasteiger partial charge on any atom is 0.137 e. The van der Waals surface area contributed by atoms with Crippen LogP contribution in [-0.4, -0.2) is 12.4 Å². The molecule has 3 N–H and O–H groups in total. The largest absolute Gasteiger partial charge is 0.495 e. The minimum atomic E-state index is 0.0496. The quantitative estimate of drug-likeness (QED) is 0.668. The van der Waals surface area contributed by atoms with Crippen molar-refractivity contribution in [1.29, 1.82) is 0 Å². The third-order valence-electron chi connectivity index (χ3n) is 3.76. The molecule has 0 aromatic heterocycles. The summed E-state index contributed by atoms with van der Waals surface area (Å²) in [5.74, 6) is 6.49. The normalized spacial score (nSPS) is 18.3. The lowest BCUT2D eigenvalue weighted by molar-refractivity contribution is 0.413. The highest BCUT2D eigenvalue weighted by Gasteiger charge is 2.30. The van der Waals surface area contributed by atoms with Gasteiger partial charge < -0.3 is 4.74 Å². The molecular weight excluding hydrogens is 304 g/mol. The first-order valence-corrected chi connectivity index (χ1v) is 8.03. The molecule has 2 aromatic carbocycles. The molecule has 0 fully saturated rings. The molecule has 21 heavy (non-hydrogen) atoms. The zero-order chi connectivity index (χ0) is 14.8. The van der Waals surface area contributed by atoms with Gasteiger partial charge in [-0.1, -0.05) is 35.9 Å². The Hall–Kier alpha value is -1.20. The molecule has 0 bridgehead atoms. The number of methoxy groups -OCH3 is 1. The summed E-state index contributed by atoms with van der Waals surface area (Å²) < 4.78 is 5.30. The van der Waals surface area contributed by atoms with Crippen LogP contribution in [0.1, 0.15) is 17.2 Å². The highest BCUT2D eigenvalue weighted by molar-refractivity contribution is 8.00. The van der Waals surface area contributed by atoms with Crippen LogP contribution in [0.15, 0.2) is 47.4 Å². The van der Waals surface area contributed by atoms with Crippen molar-refractivity contribution in [3.63, 3.8) is 0 Å². The molecule has 0 saturated carbocycles. The number of nitrogens with one attached hydrogen (secondary N) is 1. The number of hydrogen-bond acceptors (Lipinski definition) is 4. The molecule has 110 valence electrons. The van der Waals surface area contributed by atoms with Crippen molar-refractivity contribution < 1.29 is 4.74 Å². The number of benzene rings is 2. The maximum absolute atomic E-state index is 6.10. The van der Waals surface area contributed by atoms with Gasteiger partial charge in [-0.25, -0.2) is 0 Å². The molecule has 2 atom stereocenters. The Kier molecular flexibility index (Phi) is 4.40. The molecule has 0 radical (unpaired) electrons. The standard InChI is InChI=1S/C16H17ClN2OS/c1-20-13-8-11(6-7-12(13)17)16(19-18)15-9-10-4-2-3-5-14(10)21-15/h2-8,15-16,19H,9,18H2,1H3. The summed E-state index contributed by atoms with van der Waals surface area (Å²) in [4.78, 5) is 1.34. The molecule has 5 heteroatoms. The van der Waals surface area contributed by atoms with Gasteiger partial charge >= 0.3 is 0 Å². The highest BCUT2D eigenvalue weighted by atomic mass is 35.5. The van der Waals surface area contributed by atoms with E-state index in [0.717, 1.165) is 12.0 Å². The molecular formula is C16H17ClN2OS. The summed E-state index contributed by atoms with van der Waals surface area (Å²) in [5, 5.41) is 0.970. The summed E-state index contributed by atoms with van der Waals surface area (Å²) in [6.07, 6.45) is 1.00. The van der Waals surface area contributed by atoms with Gasteiger partial charge in [0, 0.05) is 10.1 Å². The number of rotatable bonds is 4. The van der Waals surface area contributed by atoms with E-state index in [9.17, 15) is 0 Å². The van der Waals surface area contributed by atoms with Crippen LogP contribution in [0, 0.1) is 0 Å². The van der Waals surface area contributed by atoms with Crippen LogP contribution in [0.5, 0.6) is 5.75 Å². The van der Waals surface area contributed by atoms with E-state index >= 15 is 0 Å². The zero-order valence-corrected chi connectivity index (χ0v) is 13.2. The minimum Gasteiger partial charge on any atom is -0.495 e. The van der Waals surface area contributed by atoms with Crippen molar-refractivity contribution in [2.24, 2.45) is 5.84 Å². The number of fused-ring (bicyclic) bond motifs is 1. The lowest BCUT2D eigenvalue weighted by Crippen LogP contribution is -2.35. The van der Waals surface area contributed by atoms with Gasteiger partial charge in [-0.2, -0.15) is 0 Å². The molecule has 3 rings (SSSR count). The summed E-state index contributed by atoms with van der Waals surface area (Å²) in [5.41, 5.74) is 5.42. The van der Waals surface area contributed by atoms with Gasteiger partial charge in [0.25, 0.3) is 0 Å². The predicted molar refractivity (Wildman–Crippen MR) is 87.9 cm³/mol. The first-order valence-electron chi connectivity index (χ1n) is 6.77. The topological polar surface area (TPSA) is 47.3 Å². The molecule has 0 amide bonds. The van der Waals surface area contributed by atoms with E-state index in [2.05, 4.69) is 29.7 Å². The Morgan fingerprint density at radius 3 is 2.86 bits per heavy atom. The molecule has 3 nitrogen and oxygen atoms in total. The van der Waals surface area contributed by atoms with Crippen LogP contribution >= 0.6 is 23.4 Å². The summed E-state index contributed by atoms with van der Waals surface area (Å²) >= 11 is 7.96. The van der Waals surface area contributed by atoms with E-state index in [0.29, 0.717) is 16.0 Å². The monoisotopic (exact) mass is 320 g/mol. The van der Waals surface area contributed by atoms with Gasteiger partial charge in [0.1, 0.15) is 5.75 Å². The Balaban J connectivity index is 1.87. The SMILES string of the molecule is COc1cc(C(NN)C2Cc3ccccc3S2)ccc1Cl. The lowest BCUT2D eigenvalue weighted by atomic mass is 9.99. The van der Waals surface area contributed by atoms with Crippen LogP contribution in [0.3, 0.4) is 0 Å². The van der Waals surface area contributed by atoms with Gasteiger partial charge in [0.2, 0.25) is 0 Å². The average molecular weight is 321 g/mol. The van der Waals surface area contributed by atoms with Gasteiger partial charge in [-0.3, -0.25) is 11.3 Å². The predicted octanol–water partition coefficient (Wildman–Crippen LogP) is 3.57. The second-order valence-corrected chi connectivity index (χ2v) is 6.69. The Morgan fingerprint density at radius 1 is 1.33 bits per heavy atom. The van der Waals surface area contributed by atoms with Crippen molar-refractivity contribution in [1.82, 2.24) is 5.43 Å². The fraction of sp³-hybridized carbons (Fsp3) is 0.250. The third kappa shape index (κ3) is 2.90. The molecule has 1 heterocycles. The zero-order valence-electron chi connectivity index (χ0n) is 11.7. The Labute approximate surface area is 133 Å². The number of halogens is 1. The Morgan fingerprint density at radius 2 is 2.14 bits per heavy atom. The van der Waals surface area contributed by atoms with E-state index in [1.54, 1.807) is 7.11 Å². The maximum atomic E-state index is 6.10. The number of thioether (sulfide) groups is 1. The van der Waals surface area contributed by atoms with Gasteiger partial charge in [-0.15, -0.1) is 11.8 Å². The average Bonchev–Trinajstić information content (AvgIpc) is 2.93. The summed E-state index contributed by atoms with van der Waals surface area (Å²) in [7, 11) is 1.62. The fourth-order valence-electron chi connectivity index (χ4n) is 2.68. The highest BCUT2D eigenvalue weighted by Crippen LogP contribution is 2.43. The molecule has 0 saturated heterocycles. The van der Waals surface area contributed by atoms with Crippen LogP contribution < -0.4 is 16.0 Å². The summed E-state index contributed by atoms with van der Waals surface area (Å²) in [6.45, 7) is 0. The van der Waals surface area contributed by atoms with Gasteiger partial charge in [0.15, 0.2) is 0 Å². The minimum absolute atomic E-state index is 0.0496. The van der Waals surface area contributed by atoms with E-state index in [4.69, 9.17) is 22.2 Å². The van der Waals surface area contributed by atoms with E-state index in [-0.39, 0.29) is 6.04 Å². The first-order chi connectivity index (χ1) is 10.2. The van der Waals surface area contributed by atoms with Crippen LogP contribution in [-0.2, 0) is 6.42 Å². The van der Waals surface area contributed by atoms with Crippen molar-refractivity contribution in [2.45, 2.75) is 22.6 Å². The van der Waals surface area contributed by atoms with E-state index in [1.165, 1.54) is 10.5 Å². The fourth-order valence-corrected chi connectivity index (χ4v) is 4.30.